The Balaban J connectivity index is 1.89. The lowest BCUT2D eigenvalue weighted by Crippen LogP contribution is -2.46. The van der Waals surface area contributed by atoms with E-state index in [0.29, 0.717) is 35.6 Å². The van der Waals surface area contributed by atoms with Crippen molar-refractivity contribution in [3.05, 3.63) is 118 Å². The molecule has 0 spiro atoms. The minimum Gasteiger partial charge on any atom is -0.360 e. The summed E-state index contributed by atoms with van der Waals surface area (Å²) in [5.41, 5.74) is 4.46. The number of amides is 1. The molecule has 0 aromatic heterocycles. The number of carbonyl (C=O) groups is 3. The lowest BCUT2D eigenvalue weighted by molar-refractivity contribution is 0.0698. The van der Waals surface area contributed by atoms with Crippen molar-refractivity contribution in [2.45, 2.75) is 27.2 Å². The van der Waals surface area contributed by atoms with Crippen molar-refractivity contribution in [3.8, 4) is 0 Å². The van der Waals surface area contributed by atoms with Gasteiger partial charge < -0.3 is 4.90 Å². The molecule has 0 aliphatic carbocycles. The topological polar surface area (TPSA) is 57.7 Å². The largest absolute Gasteiger partial charge is 0.360 e. The molecule has 0 radical (unpaired) electrons. The second-order valence-electron chi connectivity index (χ2n) is 9.19. The summed E-state index contributed by atoms with van der Waals surface area (Å²) in [6, 6.07) is 21.7. The van der Waals surface area contributed by atoms with Gasteiger partial charge in [0.25, 0.3) is 5.91 Å². The fourth-order valence-corrected chi connectivity index (χ4v) is 4.26. The molecule has 1 aliphatic heterocycles. The van der Waals surface area contributed by atoms with Crippen molar-refractivity contribution in [2.75, 3.05) is 20.1 Å². The summed E-state index contributed by atoms with van der Waals surface area (Å²) in [5, 5.41) is 0. The second kappa shape index (κ2) is 10.1. The highest BCUT2D eigenvalue weighted by atomic mass is 16.2. The quantitative estimate of drug-likeness (QED) is 0.220. The third-order valence-electron chi connectivity index (χ3n) is 6.34. The lowest BCUT2D eigenvalue weighted by Gasteiger charge is -2.38. The van der Waals surface area contributed by atoms with Crippen molar-refractivity contribution < 1.29 is 14.4 Å². The van der Waals surface area contributed by atoms with Gasteiger partial charge in [0.15, 0.2) is 0 Å². The van der Waals surface area contributed by atoms with Crippen LogP contribution < -0.4 is 0 Å². The van der Waals surface area contributed by atoms with Crippen LogP contribution in [0.1, 0.15) is 54.2 Å². The summed E-state index contributed by atoms with van der Waals surface area (Å²) in [5.74, 6) is -0.641. The number of aryl methyl sites for hydroxylation is 3. The van der Waals surface area contributed by atoms with Crippen LogP contribution in [0, 0.1) is 20.8 Å². The van der Waals surface area contributed by atoms with E-state index in [1.54, 1.807) is 41.3 Å². The molecule has 178 valence electrons. The first-order chi connectivity index (χ1) is 16.8. The molecule has 1 saturated heterocycles. The Morgan fingerprint density at radius 3 is 1.43 bits per heavy atom. The molecule has 35 heavy (non-hydrogen) atoms. The number of nitrogens with zero attached hydrogens (tertiary/aromatic N) is 2. The van der Waals surface area contributed by atoms with Crippen LogP contribution in [0.2, 0.25) is 0 Å². The highest BCUT2D eigenvalue weighted by Gasteiger charge is 2.35. The van der Waals surface area contributed by atoms with Gasteiger partial charge in [0.2, 0.25) is 11.6 Å². The third kappa shape index (κ3) is 5.09. The molecule has 1 amide bonds. The predicted octanol–water partition coefficient (Wildman–Crippen LogP) is 5.37. The summed E-state index contributed by atoms with van der Waals surface area (Å²) in [6.45, 7) is 6.92. The van der Waals surface area contributed by atoms with Crippen LogP contribution in [-0.2, 0) is 0 Å². The van der Waals surface area contributed by atoms with Crippen molar-refractivity contribution in [2.24, 2.45) is 0 Å². The Hall–Kier alpha value is -3.99. The summed E-state index contributed by atoms with van der Waals surface area (Å²) < 4.78 is 0. The average molecular weight is 467 g/mol. The Labute approximate surface area is 206 Å². The summed E-state index contributed by atoms with van der Waals surface area (Å²) in [6.07, 6.45) is 0.738. The van der Waals surface area contributed by atoms with Crippen LogP contribution in [0.15, 0.2) is 84.2 Å². The molecular weight excluding hydrogens is 436 g/mol. The fourth-order valence-electron chi connectivity index (χ4n) is 4.26. The number of Topliss-reactive ketones (excluding diaryl/α,β-unsaturated/α-hetero) is 2. The molecule has 0 N–H and O–H groups in total. The third-order valence-corrected chi connectivity index (χ3v) is 6.34. The zero-order chi connectivity index (χ0) is 25.1. The van der Waals surface area contributed by atoms with E-state index in [1.807, 2.05) is 69.1 Å². The highest BCUT2D eigenvalue weighted by Crippen LogP contribution is 2.28. The lowest BCUT2D eigenvalue weighted by atomic mass is 9.93. The SMILES string of the molecule is Cc1ccc(C(=O)C(C(=O)c2ccc(C)cc2)=C2N(C)CCCN2C(=O)c2ccc(C)cc2)cc1. The van der Waals surface area contributed by atoms with Gasteiger partial charge in [-0.15, -0.1) is 0 Å². The molecule has 3 aromatic rings. The number of ketones is 2. The van der Waals surface area contributed by atoms with Gasteiger partial charge in [0, 0.05) is 36.8 Å². The van der Waals surface area contributed by atoms with Gasteiger partial charge in [-0.3, -0.25) is 19.3 Å². The molecule has 0 atom stereocenters. The minimum absolute atomic E-state index is 0.0142. The number of carbonyl (C=O) groups excluding carboxylic acids is 3. The van der Waals surface area contributed by atoms with Crippen molar-refractivity contribution in [1.82, 2.24) is 9.80 Å². The first-order valence-electron chi connectivity index (χ1n) is 11.8. The summed E-state index contributed by atoms with van der Waals surface area (Å²) in [7, 11) is 1.83. The molecule has 4 rings (SSSR count). The maximum atomic E-state index is 13.9. The fraction of sp³-hybridized carbons (Fsp3) is 0.233. The van der Waals surface area contributed by atoms with Gasteiger partial charge in [0.05, 0.1) is 0 Å². The van der Waals surface area contributed by atoms with Crippen molar-refractivity contribution in [1.29, 1.82) is 0 Å². The second-order valence-corrected chi connectivity index (χ2v) is 9.19. The zero-order valence-corrected chi connectivity index (χ0v) is 20.7. The number of allylic oxidation sites excluding steroid dienone is 1. The van der Waals surface area contributed by atoms with Crippen LogP contribution in [-0.4, -0.2) is 47.4 Å². The summed E-state index contributed by atoms with van der Waals surface area (Å²) >= 11 is 0. The Morgan fingerprint density at radius 2 is 1.00 bits per heavy atom. The number of benzene rings is 3. The molecule has 3 aromatic carbocycles. The standard InChI is InChI=1S/C30H30N2O3/c1-20-6-12-23(13-7-20)27(33)26(28(34)24-14-8-21(2)9-15-24)29-31(4)18-5-19-32(29)30(35)25-16-10-22(3)11-17-25/h6-17H,5,18-19H2,1-4H3. The van der Waals surface area contributed by atoms with Gasteiger partial charge in [-0.2, -0.15) is 0 Å². The zero-order valence-electron chi connectivity index (χ0n) is 20.7. The van der Waals surface area contributed by atoms with Crippen LogP contribution in [0.3, 0.4) is 0 Å². The number of hydrogen-bond acceptors (Lipinski definition) is 4. The van der Waals surface area contributed by atoms with Crippen molar-refractivity contribution in [3.63, 3.8) is 0 Å². The van der Waals surface area contributed by atoms with E-state index in [9.17, 15) is 14.4 Å². The Kier molecular flexibility index (Phi) is 6.97. The smallest absolute Gasteiger partial charge is 0.259 e. The Morgan fingerprint density at radius 1 is 0.600 bits per heavy atom. The average Bonchev–Trinajstić information content (AvgIpc) is 2.86. The molecule has 5 nitrogen and oxygen atoms in total. The highest BCUT2D eigenvalue weighted by molar-refractivity contribution is 6.31. The van der Waals surface area contributed by atoms with Crippen LogP contribution in [0.25, 0.3) is 0 Å². The van der Waals surface area contributed by atoms with Gasteiger partial charge in [-0.1, -0.05) is 77.4 Å². The molecule has 1 fully saturated rings. The van der Waals surface area contributed by atoms with Crippen LogP contribution >= 0.6 is 0 Å². The monoisotopic (exact) mass is 466 g/mol. The van der Waals surface area contributed by atoms with E-state index in [0.717, 1.165) is 23.1 Å². The maximum absolute atomic E-state index is 13.9. The Bertz CT molecular complexity index is 1230. The molecule has 1 aliphatic rings. The van der Waals surface area contributed by atoms with E-state index in [4.69, 9.17) is 0 Å². The van der Waals surface area contributed by atoms with Gasteiger partial charge in [-0.25, -0.2) is 0 Å². The van der Waals surface area contributed by atoms with Crippen LogP contribution in [0.4, 0.5) is 0 Å². The van der Waals surface area contributed by atoms with Crippen LogP contribution in [0.5, 0.6) is 0 Å². The first kappa shape index (κ1) is 24.1. The normalized spacial score (nSPS) is 13.5. The number of rotatable bonds is 5. The van der Waals surface area contributed by atoms with E-state index in [1.165, 1.54) is 0 Å². The maximum Gasteiger partial charge on any atom is 0.259 e. The van der Waals surface area contributed by atoms with Crippen molar-refractivity contribution >= 4 is 17.5 Å². The van der Waals surface area contributed by atoms with Gasteiger partial charge in [0.1, 0.15) is 11.4 Å². The molecule has 5 heteroatoms. The minimum atomic E-state index is -0.388. The predicted molar refractivity (Wildman–Crippen MR) is 138 cm³/mol. The molecule has 0 saturated carbocycles. The first-order valence-corrected chi connectivity index (χ1v) is 11.8. The molecule has 0 unspecified atom stereocenters. The van der Waals surface area contributed by atoms with Gasteiger partial charge >= 0.3 is 0 Å². The molecule has 0 bridgehead atoms. The molecule has 1 heterocycles. The van der Waals surface area contributed by atoms with E-state index >= 15 is 0 Å². The van der Waals surface area contributed by atoms with E-state index in [-0.39, 0.29) is 23.0 Å². The number of hydrogen-bond donors (Lipinski definition) is 0. The summed E-state index contributed by atoms with van der Waals surface area (Å²) in [4.78, 5) is 44.8. The van der Waals surface area contributed by atoms with E-state index in [2.05, 4.69) is 0 Å². The van der Waals surface area contributed by atoms with E-state index < -0.39 is 0 Å². The molecular formula is C30H30N2O3. The van der Waals surface area contributed by atoms with Gasteiger partial charge in [-0.05, 0) is 39.3 Å².